The Hall–Kier alpha value is -2.33. The normalized spacial score (nSPS) is 15.2. The minimum atomic E-state index is 0.762. The standard InChI is InChI=1S/C17H18N4/c18-15-5-6-17-19-16(12-21(17)10-15)11-20-8-7-13-3-1-2-4-14(13)9-20/h1-6,10,12H,7-9,11,18H2. The fourth-order valence-electron chi connectivity index (χ4n) is 3.06. The Bertz CT molecular complexity index is 790. The second kappa shape index (κ2) is 4.90. The third-order valence-electron chi connectivity index (χ3n) is 4.12. The van der Waals surface area contributed by atoms with E-state index in [1.165, 1.54) is 11.1 Å². The van der Waals surface area contributed by atoms with Gasteiger partial charge in [0.25, 0.3) is 0 Å². The van der Waals surface area contributed by atoms with E-state index in [1.807, 2.05) is 22.7 Å². The molecule has 0 saturated heterocycles. The fourth-order valence-corrected chi connectivity index (χ4v) is 3.06. The average Bonchev–Trinajstić information content (AvgIpc) is 2.88. The van der Waals surface area contributed by atoms with Crippen molar-refractivity contribution in [1.29, 1.82) is 0 Å². The molecule has 0 unspecified atom stereocenters. The van der Waals surface area contributed by atoms with Crippen molar-refractivity contribution in [2.45, 2.75) is 19.5 Å². The Balaban J connectivity index is 1.55. The third-order valence-corrected chi connectivity index (χ3v) is 4.12. The molecule has 3 aromatic rings. The van der Waals surface area contributed by atoms with E-state index in [0.717, 1.165) is 43.1 Å². The van der Waals surface area contributed by atoms with Crippen LogP contribution in [-0.4, -0.2) is 20.8 Å². The summed E-state index contributed by atoms with van der Waals surface area (Å²) in [6.45, 7) is 2.98. The van der Waals surface area contributed by atoms with E-state index in [1.54, 1.807) is 0 Å². The maximum Gasteiger partial charge on any atom is 0.137 e. The summed E-state index contributed by atoms with van der Waals surface area (Å²) in [7, 11) is 0. The van der Waals surface area contributed by atoms with Crippen molar-refractivity contribution >= 4 is 11.3 Å². The molecule has 0 radical (unpaired) electrons. The first-order chi connectivity index (χ1) is 10.3. The maximum absolute atomic E-state index is 5.81. The summed E-state index contributed by atoms with van der Waals surface area (Å²) in [5.74, 6) is 0. The second-order valence-corrected chi connectivity index (χ2v) is 5.69. The van der Waals surface area contributed by atoms with Crippen LogP contribution in [-0.2, 0) is 19.5 Å². The molecule has 106 valence electrons. The first-order valence-electron chi connectivity index (χ1n) is 7.30. The van der Waals surface area contributed by atoms with E-state index < -0.39 is 0 Å². The average molecular weight is 278 g/mol. The van der Waals surface area contributed by atoms with Crippen molar-refractivity contribution in [2.24, 2.45) is 0 Å². The SMILES string of the molecule is Nc1ccc2nc(CN3CCc4ccccc4C3)cn2c1. The fraction of sp³-hybridized carbons (Fsp3) is 0.235. The molecule has 2 aromatic heterocycles. The third kappa shape index (κ3) is 2.38. The number of nitrogens with zero attached hydrogens (tertiary/aromatic N) is 3. The Labute approximate surface area is 123 Å². The van der Waals surface area contributed by atoms with Gasteiger partial charge in [-0.3, -0.25) is 4.90 Å². The van der Waals surface area contributed by atoms with Gasteiger partial charge in [-0.2, -0.15) is 0 Å². The molecule has 0 bridgehead atoms. The summed E-state index contributed by atoms with van der Waals surface area (Å²) in [6, 6.07) is 12.6. The van der Waals surface area contributed by atoms with E-state index in [-0.39, 0.29) is 0 Å². The van der Waals surface area contributed by atoms with Crippen LogP contribution in [0.15, 0.2) is 48.8 Å². The number of anilines is 1. The smallest absolute Gasteiger partial charge is 0.137 e. The van der Waals surface area contributed by atoms with Gasteiger partial charge >= 0.3 is 0 Å². The van der Waals surface area contributed by atoms with E-state index in [0.29, 0.717) is 0 Å². The molecule has 21 heavy (non-hydrogen) atoms. The van der Waals surface area contributed by atoms with Crippen LogP contribution in [0.3, 0.4) is 0 Å². The minimum absolute atomic E-state index is 0.762. The van der Waals surface area contributed by atoms with Crippen molar-refractivity contribution in [2.75, 3.05) is 12.3 Å². The van der Waals surface area contributed by atoms with E-state index >= 15 is 0 Å². The number of nitrogen functional groups attached to an aromatic ring is 1. The van der Waals surface area contributed by atoms with Crippen LogP contribution in [0.25, 0.3) is 5.65 Å². The van der Waals surface area contributed by atoms with Crippen LogP contribution in [0.1, 0.15) is 16.8 Å². The lowest BCUT2D eigenvalue weighted by Gasteiger charge is -2.27. The van der Waals surface area contributed by atoms with Crippen LogP contribution >= 0.6 is 0 Å². The van der Waals surface area contributed by atoms with Crippen molar-refractivity contribution < 1.29 is 0 Å². The molecular weight excluding hydrogens is 260 g/mol. The molecule has 0 spiro atoms. The molecule has 0 amide bonds. The molecule has 0 fully saturated rings. The van der Waals surface area contributed by atoms with Gasteiger partial charge in [-0.25, -0.2) is 4.98 Å². The first-order valence-corrected chi connectivity index (χ1v) is 7.30. The highest BCUT2D eigenvalue weighted by Gasteiger charge is 2.16. The molecule has 1 aromatic carbocycles. The summed E-state index contributed by atoms with van der Waals surface area (Å²) >= 11 is 0. The summed E-state index contributed by atoms with van der Waals surface area (Å²) in [5, 5.41) is 0. The van der Waals surface area contributed by atoms with Crippen molar-refractivity contribution in [3.63, 3.8) is 0 Å². The van der Waals surface area contributed by atoms with Crippen LogP contribution in [0.4, 0.5) is 5.69 Å². The lowest BCUT2D eigenvalue weighted by Crippen LogP contribution is -2.30. The van der Waals surface area contributed by atoms with Crippen LogP contribution in [0.2, 0.25) is 0 Å². The van der Waals surface area contributed by atoms with Crippen LogP contribution < -0.4 is 5.73 Å². The predicted octanol–water partition coefficient (Wildman–Crippen LogP) is 2.47. The van der Waals surface area contributed by atoms with Crippen LogP contribution in [0.5, 0.6) is 0 Å². The lowest BCUT2D eigenvalue weighted by molar-refractivity contribution is 0.243. The van der Waals surface area contributed by atoms with Gasteiger partial charge in [-0.05, 0) is 29.7 Å². The van der Waals surface area contributed by atoms with Crippen molar-refractivity contribution in [3.05, 3.63) is 65.6 Å². The number of hydrogen-bond donors (Lipinski definition) is 1. The van der Waals surface area contributed by atoms with Gasteiger partial charge in [-0.1, -0.05) is 24.3 Å². The molecule has 4 nitrogen and oxygen atoms in total. The minimum Gasteiger partial charge on any atom is -0.398 e. The van der Waals surface area contributed by atoms with E-state index in [4.69, 9.17) is 5.73 Å². The second-order valence-electron chi connectivity index (χ2n) is 5.69. The Kier molecular flexibility index (Phi) is 2.89. The Morgan fingerprint density at radius 3 is 2.81 bits per heavy atom. The molecule has 1 aliphatic rings. The van der Waals surface area contributed by atoms with E-state index in [9.17, 15) is 0 Å². The lowest BCUT2D eigenvalue weighted by atomic mass is 10.00. The van der Waals surface area contributed by atoms with Crippen LogP contribution in [0, 0.1) is 0 Å². The van der Waals surface area contributed by atoms with Gasteiger partial charge in [0.15, 0.2) is 0 Å². The number of nitrogens with two attached hydrogens (primary N) is 1. The Morgan fingerprint density at radius 1 is 1.05 bits per heavy atom. The molecule has 4 rings (SSSR count). The van der Waals surface area contributed by atoms with Gasteiger partial charge in [0, 0.05) is 37.7 Å². The number of hydrogen-bond acceptors (Lipinski definition) is 3. The molecule has 0 saturated carbocycles. The molecular formula is C17H18N4. The molecule has 3 heterocycles. The monoisotopic (exact) mass is 278 g/mol. The molecule has 4 heteroatoms. The van der Waals surface area contributed by atoms with Crippen molar-refractivity contribution in [3.8, 4) is 0 Å². The van der Waals surface area contributed by atoms with Crippen molar-refractivity contribution in [1.82, 2.24) is 14.3 Å². The quantitative estimate of drug-likeness (QED) is 0.783. The predicted molar refractivity (Wildman–Crippen MR) is 83.9 cm³/mol. The highest BCUT2D eigenvalue weighted by molar-refractivity contribution is 5.48. The Morgan fingerprint density at radius 2 is 1.90 bits per heavy atom. The summed E-state index contributed by atoms with van der Waals surface area (Å²) in [5.41, 5.74) is 11.6. The zero-order chi connectivity index (χ0) is 14.2. The number of pyridine rings is 1. The van der Waals surface area contributed by atoms with Gasteiger partial charge in [0.05, 0.1) is 5.69 Å². The number of benzene rings is 1. The zero-order valence-corrected chi connectivity index (χ0v) is 11.9. The number of imidazole rings is 1. The highest BCUT2D eigenvalue weighted by Crippen LogP contribution is 2.20. The molecule has 1 aliphatic heterocycles. The maximum atomic E-state index is 5.81. The van der Waals surface area contributed by atoms with Gasteiger partial charge in [0.1, 0.15) is 5.65 Å². The zero-order valence-electron chi connectivity index (χ0n) is 11.9. The summed E-state index contributed by atoms with van der Waals surface area (Å²) in [6.07, 6.45) is 5.11. The number of aromatic nitrogens is 2. The number of rotatable bonds is 2. The topological polar surface area (TPSA) is 46.6 Å². The highest BCUT2D eigenvalue weighted by atomic mass is 15.1. The largest absolute Gasteiger partial charge is 0.398 e. The molecule has 2 N–H and O–H groups in total. The van der Waals surface area contributed by atoms with Gasteiger partial charge in [0.2, 0.25) is 0 Å². The van der Waals surface area contributed by atoms with Gasteiger partial charge in [-0.15, -0.1) is 0 Å². The first kappa shape index (κ1) is 12.4. The molecule has 0 aliphatic carbocycles. The number of fused-ring (bicyclic) bond motifs is 2. The van der Waals surface area contributed by atoms with E-state index in [2.05, 4.69) is 40.3 Å². The molecule has 0 atom stereocenters. The summed E-state index contributed by atoms with van der Waals surface area (Å²) in [4.78, 5) is 7.12. The summed E-state index contributed by atoms with van der Waals surface area (Å²) < 4.78 is 2.00. The van der Waals surface area contributed by atoms with Gasteiger partial charge < -0.3 is 10.1 Å².